The number of carbonyl (C=O) groups is 4. The second-order valence-electron chi connectivity index (χ2n) is 17.7. The molecular formula is C48H48FN5O9. The number of hydrogen-bond donors (Lipinski definition) is 4. The number of nitrogens with one attached hydrogen (secondary N) is 3. The molecule has 63 heavy (non-hydrogen) atoms. The maximum atomic E-state index is 15.4. The summed E-state index contributed by atoms with van der Waals surface area (Å²) in [4.78, 5) is 71.5. The quantitative estimate of drug-likeness (QED) is 0.0930. The van der Waals surface area contributed by atoms with Crippen molar-refractivity contribution in [2.45, 2.75) is 103 Å². The zero-order valence-corrected chi connectivity index (χ0v) is 35.6. The molecule has 9 rings (SSSR count). The molecule has 3 amide bonds. The number of nitrogens with zero attached hydrogens (tertiary/aromatic N) is 2. The minimum absolute atomic E-state index is 0.0252. The van der Waals surface area contributed by atoms with Crippen LogP contribution >= 0.6 is 0 Å². The summed E-state index contributed by atoms with van der Waals surface area (Å²) >= 11 is 0. The summed E-state index contributed by atoms with van der Waals surface area (Å²) in [5, 5.41) is 20.5. The first-order valence-corrected chi connectivity index (χ1v) is 21.3. The van der Waals surface area contributed by atoms with Gasteiger partial charge in [-0.15, -0.1) is 0 Å². The van der Waals surface area contributed by atoms with Gasteiger partial charge in [-0.25, -0.2) is 23.8 Å². The Hall–Kier alpha value is -6.61. The number of benzene rings is 3. The van der Waals surface area contributed by atoms with E-state index in [4.69, 9.17) is 19.2 Å². The molecule has 0 spiro atoms. The Balaban J connectivity index is 0.935. The van der Waals surface area contributed by atoms with Gasteiger partial charge in [0.1, 0.15) is 31.2 Å². The molecule has 5 aromatic rings. The van der Waals surface area contributed by atoms with Gasteiger partial charge in [-0.05, 0) is 98.4 Å². The van der Waals surface area contributed by atoms with Crippen molar-refractivity contribution >= 4 is 35.0 Å². The lowest BCUT2D eigenvalue weighted by molar-refractivity contribution is -0.172. The minimum Gasteiger partial charge on any atom is -0.458 e. The number of halogens is 1. The van der Waals surface area contributed by atoms with Crippen LogP contribution in [-0.2, 0) is 49.0 Å². The third-order valence-corrected chi connectivity index (χ3v) is 12.7. The van der Waals surface area contributed by atoms with Crippen molar-refractivity contribution in [3.05, 3.63) is 121 Å². The highest BCUT2D eigenvalue weighted by molar-refractivity contribution is 5.94. The van der Waals surface area contributed by atoms with E-state index in [0.717, 1.165) is 27.8 Å². The van der Waals surface area contributed by atoms with Crippen LogP contribution in [0.25, 0.3) is 33.4 Å². The number of aryl methyl sites for hydroxylation is 1. The molecule has 0 radical (unpaired) electrons. The zero-order valence-electron chi connectivity index (χ0n) is 35.6. The number of rotatable bonds is 9. The van der Waals surface area contributed by atoms with Gasteiger partial charge in [0.25, 0.3) is 5.56 Å². The van der Waals surface area contributed by atoms with Gasteiger partial charge in [0, 0.05) is 28.5 Å². The van der Waals surface area contributed by atoms with Crippen LogP contribution in [0.15, 0.2) is 65.5 Å². The lowest BCUT2D eigenvalue weighted by Crippen LogP contribution is -2.44. The third kappa shape index (κ3) is 7.27. The fraction of sp³-hybridized carbons (Fsp3) is 0.375. The topological polar surface area (TPSA) is 187 Å². The molecule has 3 atom stereocenters. The summed E-state index contributed by atoms with van der Waals surface area (Å²) in [5.74, 6) is -1.90. The molecule has 4 heterocycles. The summed E-state index contributed by atoms with van der Waals surface area (Å²) in [5.41, 5.74) is 5.13. The van der Waals surface area contributed by atoms with Crippen LogP contribution in [0.4, 0.5) is 14.0 Å². The normalized spacial score (nSPS) is 18.6. The van der Waals surface area contributed by atoms with E-state index in [1.807, 2.05) is 24.3 Å². The highest BCUT2D eigenvalue weighted by atomic mass is 19.1. The maximum absolute atomic E-state index is 15.4. The largest absolute Gasteiger partial charge is 0.458 e. The number of esters is 1. The van der Waals surface area contributed by atoms with Crippen LogP contribution in [0.2, 0.25) is 0 Å². The molecule has 14 nitrogen and oxygen atoms in total. The summed E-state index contributed by atoms with van der Waals surface area (Å²) in [7, 11) is 0. The second-order valence-corrected chi connectivity index (χ2v) is 17.7. The van der Waals surface area contributed by atoms with Crippen LogP contribution in [0.3, 0.4) is 0 Å². The summed E-state index contributed by atoms with van der Waals surface area (Å²) in [6.07, 6.45) is -0.318. The molecule has 4 aliphatic rings. The Labute approximate surface area is 362 Å². The molecule has 2 aliphatic heterocycles. The van der Waals surface area contributed by atoms with Gasteiger partial charge >= 0.3 is 18.2 Å². The Morgan fingerprint density at radius 1 is 1.02 bits per heavy atom. The van der Waals surface area contributed by atoms with Crippen molar-refractivity contribution < 1.29 is 42.9 Å². The first-order chi connectivity index (χ1) is 30.1. The molecule has 2 aromatic heterocycles. The summed E-state index contributed by atoms with van der Waals surface area (Å²) < 4.78 is 33.3. The molecule has 326 valence electrons. The van der Waals surface area contributed by atoms with Crippen molar-refractivity contribution in [2.75, 3.05) is 13.2 Å². The van der Waals surface area contributed by atoms with Gasteiger partial charge in [0.05, 0.1) is 41.1 Å². The van der Waals surface area contributed by atoms with E-state index in [1.165, 1.54) is 10.6 Å². The summed E-state index contributed by atoms with van der Waals surface area (Å²) in [6.45, 7) is 7.75. The predicted octanol–water partition coefficient (Wildman–Crippen LogP) is 6.45. The molecule has 15 heteroatoms. The molecule has 4 N–H and O–H groups in total. The van der Waals surface area contributed by atoms with Crippen LogP contribution in [-0.4, -0.2) is 63.5 Å². The number of ether oxygens (including phenoxy) is 3. The van der Waals surface area contributed by atoms with Crippen LogP contribution in [0.1, 0.15) is 103 Å². The van der Waals surface area contributed by atoms with E-state index in [0.29, 0.717) is 58.2 Å². The maximum Gasteiger partial charge on any atom is 0.407 e. The number of amides is 3. The molecular weight excluding hydrogens is 810 g/mol. The van der Waals surface area contributed by atoms with Crippen molar-refractivity contribution in [1.29, 1.82) is 0 Å². The lowest BCUT2D eigenvalue weighted by Gasteiger charge is -2.31. The third-order valence-electron chi connectivity index (χ3n) is 12.7. The van der Waals surface area contributed by atoms with Gasteiger partial charge in [-0.2, -0.15) is 0 Å². The van der Waals surface area contributed by atoms with Crippen molar-refractivity contribution in [3.63, 3.8) is 0 Å². The second kappa shape index (κ2) is 15.6. The number of aliphatic hydroxyl groups is 1. The molecule has 1 unspecified atom stereocenters. The van der Waals surface area contributed by atoms with Crippen LogP contribution in [0, 0.1) is 12.7 Å². The zero-order chi connectivity index (χ0) is 44.5. The minimum atomic E-state index is -2.03. The standard InChI is InChI=1S/C48H48FN5O9/c1-6-48(60)34-18-38-42-32(21-54(38)43(56)33(34)23-61-44(48)57)41-36(16-15-26-24(2)35(49)19-37(53-42)40(26)41)52-39(55)20-50-45(58)62-22-25(51-46(59)63-47(3,4)5)17-31-29-13-9-7-11-27(29)28-12-8-10-14-30(28)31/h7-14,18-19,25,31,36,60H,6,15-17,20-23H2,1-5H3,(H,50,58)(H,51,59)(H,52,55)/t25?,36-,48-/m0/s1. The highest BCUT2D eigenvalue weighted by Crippen LogP contribution is 2.48. The van der Waals surface area contributed by atoms with Gasteiger partial charge in [0.15, 0.2) is 5.60 Å². The Kier molecular flexibility index (Phi) is 10.4. The number of aromatic nitrogens is 2. The lowest BCUT2D eigenvalue weighted by atomic mass is 9.81. The number of fused-ring (bicyclic) bond motifs is 8. The van der Waals surface area contributed by atoms with Crippen LogP contribution in [0.5, 0.6) is 0 Å². The predicted molar refractivity (Wildman–Crippen MR) is 229 cm³/mol. The Bertz CT molecular complexity index is 2790. The van der Waals surface area contributed by atoms with Gasteiger partial charge in [-0.3, -0.25) is 9.59 Å². The number of hydrogen-bond acceptors (Lipinski definition) is 10. The van der Waals surface area contributed by atoms with Gasteiger partial charge in [-0.1, -0.05) is 55.5 Å². The molecule has 0 fully saturated rings. The number of pyridine rings is 2. The van der Waals surface area contributed by atoms with Gasteiger partial charge in [0.2, 0.25) is 5.91 Å². The van der Waals surface area contributed by atoms with Crippen molar-refractivity contribution in [1.82, 2.24) is 25.5 Å². The van der Waals surface area contributed by atoms with Crippen molar-refractivity contribution in [2.24, 2.45) is 0 Å². The van der Waals surface area contributed by atoms with Crippen LogP contribution < -0.4 is 21.5 Å². The SMILES string of the molecule is CC[C@@]1(O)C(=O)OCc2c1cc1n(c2=O)Cc2c-1nc1cc(F)c(C)c3c1c2[C@@H](NC(=O)CNC(=O)OCC(CC1c2ccccc2-c2ccccc21)NC(=O)OC(C)(C)C)CC3. The van der Waals surface area contributed by atoms with E-state index < -0.39 is 65.3 Å². The van der Waals surface area contributed by atoms with Gasteiger partial charge < -0.3 is 39.8 Å². The number of cyclic esters (lactones) is 1. The Morgan fingerprint density at radius 3 is 2.40 bits per heavy atom. The van der Waals surface area contributed by atoms with E-state index in [-0.39, 0.29) is 43.2 Å². The highest BCUT2D eigenvalue weighted by Gasteiger charge is 2.46. The Morgan fingerprint density at radius 2 is 1.71 bits per heavy atom. The average molecular weight is 858 g/mol. The fourth-order valence-corrected chi connectivity index (χ4v) is 9.77. The number of carbonyl (C=O) groups excluding carboxylic acids is 4. The van der Waals surface area contributed by atoms with E-state index in [9.17, 15) is 29.1 Å². The van der Waals surface area contributed by atoms with Crippen molar-refractivity contribution in [3.8, 4) is 22.5 Å². The monoisotopic (exact) mass is 857 g/mol. The molecule has 2 aliphatic carbocycles. The smallest absolute Gasteiger partial charge is 0.407 e. The van der Waals surface area contributed by atoms with E-state index >= 15 is 4.39 Å². The molecule has 0 saturated carbocycles. The van der Waals surface area contributed by atoms with E-state index in [2.05, 4.69) is 40.2 Å². The fourth-order valence-electron chi connectivity index (χ4n) is 9.77. The summed E-state index contributed by atoms with van der Waals surface area (Å²) in [6, 6.07) is 17.8. The van der Waals surface area contributed by atoms with E-state index in [1.54, 1.807) is 40.7 Å². The average Bonchev–Trinajstić information content (AvgIpc) is 3.78. The molecule has 0 saturated heterocycles. The first kappa shape index (κ1) is 41.7. The first-order valence-electron chi connectivity index (χ1n) is 21.3. The number of alkyl carbamates (subject to hydrolysis) is 2. The molecule has 3 aromatic carbocycles. The molecule has 0 bridgehead atoms.